The van der Waals surface area contributed by atoms with Crippen LogP contribution >= 0.6 is 0 Å². The van der Waals surface area contributed by atoms with Crippen molar-refractivity contribution >= 4 is 5.97 Å². The minimum atomic E-state index is -1.33. The van der Waals surface area contributed by atoms with Gasteiger partial charge in [-0.05, 0) is 32.9 Å². The Balaban J connectivity index is 2.65. The minimum absolute atomic E-state index is 0.216. The molecule has 78 valence electrons. The molecular weight excluding hydrogens is 184 g/mol. The molecule has 1 atom stereocenters. The highest BCUT2D eigenvalue weighted by Crippen LogP contribution is 2.17. The second kappa shape index (κ2) is 4.28. The van der Waals surface area contributed by atoms with Crippen molar-refractivity contribution in [1.29, 1.82) is 0 Å². The van der Waals surface area contributed by atoms with E-state index in [9.17, 15) is 9.90 Å². The van der Waals surface area contributed by atoms with Gasteiger partial charge < -0.3 is 14.3 Å². The van der Waals surface area contributed by atoms with E-state index in [2.05, 4.69) is 0 Å². The quantitative estimate of drug-likeness (QED) is 0.749. The highest BCUT2D eigenvalue weighted by atomic mass is 16.6. The van der Waals surface area contributed by atoms with Crippen LogP contribution in [0.5, 0.6) is 0 Å². The van der Waals surface area contributed by atoms with Crippen LogP contribution in [0, 0.1) is 6.92 Å². The molecule has 0 aliphatic heterocycles. The maximum Gasteiger partial charge on any atom is 0.343 e. The van der Waals surface area contributed by atoms with Crippen molar-refractivity contribution < 1.29 is 19.1 Å². The Labute approximate surface area is 82.5 Å². The zero-order valence-electron chi connectivity index (χ0n) is 8.48. The van der Waals surface area contributed by atoms with E-state index < -0.39 is 12.1 Å². The first kappa shape index (κ1) is 10.8. The number of aliphatic hydroxyl groups excluding tert-OH is 1. The summed E-state index contributed by atoms with van der Waals surface area (Å²) in [5.74, 6) is 0.180. The zero-order valence-corrected chi connectivity index (χ0v) is 8.48. The molecule has 0 fully saturated rings. The van der Waals surface area contributed by atoms with Gasteiger partial charge in [-0.1, -0.05) is 0 Å². The molecule has 0 aliphatic rings. The maximum absolute atomic E-state index is 11.2. The number of rotatable bonds is 3. The van der Waals surface area contributed by atoms with E-state index >= 15 is 0 Å². The Kier molecular flexibility index (Phi) is 3.30. The lowest BCUT2D eigenvalue weighted by Gasteiger charge is -2.10. The second-order valence-corrected chi connectivity index (χ2v) is 3.34. The molecular formula is C10H14O4. The van der Waals surface area contributed by atoms with Crippen LogP contribution < -0.4 is 0 Å². The third-order valence-corrected chi connectivity index (χ3v) is 1.61. The van der Waals surface area contributed by atoms with Crippen molar-refractivity contribution in [1.82, 2.24) is 0 Å². The molecule has 0 saturated heterocycles. The van der Waals surface area contributed by atoms with Crippen molar-refractivity contribution in [2.45, 2.75) is 33.0 Å². The summed E-state index contributed by atoms with van der Waals surface area (Å²) in [6.45, 7) is 5.18. The molecule has 1 aromatic rings. The molecule has 4 heteroatoms. The number of carbonyl (C=O) groups excluding carboxylic acids is 1. The van der Waals surface area contributed by atoms with Crippen molar-refractivity contribution in [2.24, 2.45) is 0 Å². The molecule has 1 heterocycles. The molecule has 0 amide bonds. The molecule has 1 aromatic heterocycles. The van der Waals surface area contributed by atoms with Crippen molar-refractivity contribution in [3.05, 3.63) is 23.7 Å². The molecule has 0 aliphatic carbocycles. The molecule has 0 spiro atoms. The number of ether oxygens (including phenoxy) is 1. The van der Waals surface area contributed by atoms with E-state index in [1.54, 1.807) is 32.9 Å². The van der Waals surface area contributed by atoms with Gasteiger partial charge in [-0.2, -0.15) is 0 Å². The number of furan rings is 1. The van der Waals surface area contributed by atoms with E-state index in [-0.39, 0.29) is 11.9 Å². The van der Waals surface area contributed by atoms with Crippen LogP contribution in [0.15, 0.2) is 16.5 Å². The SMILES string of the molecule is Cc1ccc([C@@H](O)C(=O)OC(C)C)o1. The Hall–Kier alpha value is -1.29. The number of carbonyl (C=O) groups is 1. The molecule has 0 unspecified atom stereocenters. The third-order valence-electron chi connectivity index (χ3n) is 1.61. The second-order valence-electron chi connectivity index (χ2n) is 3.34. The Morgan fingerprint density at radius 3 is 2.57 bits per heavy atom. The van der Waals surface area contributed by atoms with Gasteiger partial charge in [-0.25, -0.2) is 4.79 Å². The van der Waals surface area contributed by atoms with E-state index in [4.69, 9.17) is 9.15 Å². The van der Waals surface area contributed by atoms with Gasteiger partial charge in [0.25, 0.3) is 0 Å². The highest BCUT2D eigenvalue weighted by Gasteiger charge is 2.22. The summed E-state index contributed by atoms with van der Waals surface area (Å²) in [7, 11) is 0. The number of aryl methyl sites for hydroxylation is 1. The average Bonchev–Trinajstić information content (AvgIpc) is 2.49. The van der Waals surface area contributed by atoms with Gasteiger partial charge >= 0.3 is 5.97 Å². The van der Waals surface area contributed by atoms with Crippen LogP contribution in [0.1, 0.15) is 31.5 Å². The summed E-state index contributed by atoms with van der Waals surface area (Å²) in [5, 5.41) is 9.48. The maximum atomic E-state index is 11.2. The van der Waals surface area contributed by atoms with Gasteiger partial charge in [0, 0.05) is 0 Å². The van der Waals surface area contributed by atoms with E-state index in [1.807, 2.05) is 0 Å². The average molecular weight is 198 g/mol. The fraction of sp³-hybridized carbons (Fsp3) is 0.500. The van der Waals surface area contributed by atoms with Crippen LogP contribution in [-0.4, -0.2) is 17.2 Å². The first-order chi connectivity index (χ1) is 6.50. The van der Waals surface area contributed by atoms with Gasteiger partial charge in [-0.3, -0.25) is 0 Å². The normalized spacial score (nSPS) is 12.9. The standard InChI is InChI=1S/C10H14O4/c1-6(2)13-10(12)9(11)8-5-4-7(3)14-8/h4-6,9,11H,1-3H3/t9-/m1/s1. The molecule has 14 heavy (non-hydrogen) atoms. The third kappa shape index (κ3) is 2.60. The lowest BCUT2D eigenvalue weighted by atomic mass is 10.3. The monoisotopic (exact) mass is 198 g/mol. The molecule has 1 N–H and O–H groups in total. The van der Waals surface area contributed by atoms with Crippen molar-refractivity contribution in [3.8, 4) is 0 Å². The van der Waals surface area contributed by atoms with E-state index in [0.29, 0.717) is 5.76 Å². The summed E-state index contributed by atoms with van der Waals surface area (Å²) in [4.78, 5) is 11.2. The van der Waals surface area contributed by atoms with Crippen LogP contribution in [-0.2, 0) is 9.53 Å². The van der Waals surface area contributed by atoms with Gasteiger partial charge in [0.15, 0.2) is 0 Å². The summed E-state index contributed by atoms with van der Waals surface area (Å²) in [6.07, 6.45) is -1.57. The zero-order chi connectivity index (χ0) is 10.7. The summed E-state index contributed by atoms with van der Waals surface area (Å²) in [5.41, 5.74) is 0. The smallest absolute Gasteiger partial charge is 0.343 e. The number of hydrogen-bond acceptors (Lipinski definition) is 4. The van der Waals surface area contributed by atoms with Gasteiger partial charge in [0.2, 0.25) is 6.10 Å². The van der Waals surface area contributed by atoms with Crippen LogP contribution in [0.2, 0.25) is 0 Å². The Morgan fingerprint density at radius 2 is 2.14 bits per heavy atom. The van der Waals surface area contributed by atoms with E-state index in [1.165, 1.54) is 0 Å². The van der Waals surface area contributed by atoms with Gasteiger partial charge in [0.1, 0.15) is 11.5 Å². The first-order valence-electron chi connectivity index (χ1n) is 4.45. The van der Waals surface area contributed by atoms with Crippen LogP contribution in [0.25, 0.3) is 0 Å². The molecule has 0 radical (unpaired) electrons. The topological polar surface area (TPSA) is 59.7 Å². The molecule has 4 nitrogen and oxygen atoms in total. The number of esters is 1. The first-order valence-corrected chi connectivity index (χ1v) is 4.45. The molecule has 1 rings (SSSR count). The summed E-state index contributed by atoms with van der Waals surface area (Å²) < 4.78 is 9.92. The van der Waals surface area contributed by atoms with Crippen LogP contribution in [0.4, 0.5) is 0 Å². The van der Waals surface area contributed by atoms with Crippen molar-refractivity contribution in [3.63, 3.8) is 0 Å². The predicted octanol–water partition coefficient (Wildman–Crippen LogP) is 1.57. The van der Waals surface area contributed by atoms with Crippen molar-refractivity contribution in [2.75, 3.05) is 0 Å². The minimum Gasteiger partial charge on any atom is -0.463 e. The Bertz CT molecular complexity index is 314. The van der Waals surface area contributed by atoms with Crippen LogP contribution in [0.3, 0.4) is 0 Å². The lowest BCUT2D eigenvalue weighted by molar-refractivity contribution is -0.158. The highest BCUT2D eigenvalue weighted by molar-refractivity contribution is 5.75. The number of hydrogen-bond donors (Lipinski definition) is 1. The largest absolute Gasteiger partial charge is 0.463 e. The molecule has 0 bridgehead atoms. The van der Waals surface area contributed by atoms with Gasteiger partial charge in [-0.15, -0.1) is 0 Å². The fourth-order valence-corrected chi connectivity index (χ4v) is 1.01. The Morgan fingerprint density at radius 1 is 1.50 bits per heavy atom. The predicted molar refractivity (Wildman–Crippen MR) is 49.6 cm³/mol. The lowest BCUT2D eigenvalue weighted by Crippen LogP contribution is -2.18. The van der Waals surface area contributed by atoms with Gasteiger partial charge in [0.05, 0.1) is 6.10 Å². The molecule has 0 saturated carbocycles. The fourth-order valence-electron chi connectivity index (χ4n) is 1.01. The summed E-state index contributed by atoms with van der Waals surface area (Å²) in [6, 6.07) is 3.24. The number of aliphatic hydroxyl groups is 1. The molecule has 0 aromatic carbocycles. The van der Waals surface area contributed by atoms with E-state index in [0.717, 1.165) is 0 Å². The summed E-state index contributed by atoms with van der Waals surface area (Å²) >= 11 is 0.